The van der Waals surface area contributed by atoms with Crippen LogP contribution in [0.4, 0.5) is 23.2 Å². The first-order valence-electron chi connectivity index (χ1n) is 8.80. The van der Waals surface area contributed by atoms with Gasteiger partial charge in [-0.15, -0.1) is 0 Å². The molecule has 1 amide bonds. The van der Waals surface area contributed by atoms with E-state index < -0.39 is 29.3 Å². The molecule has 0 radical (unpaired) electrons. The molecule has 5 nitrogen and oxygen atoms in total. The van der Waals surface area contributed by atoms with Gasteiger partial charge < -0.3 is 10.1 Å². The molecule has 9 heteroatoms. The predicted molar refractivity (Wildman–Crippen MR) is 102 cm³/mol. The molecule has 0 aliphatic rings. The maximum atomic E-state index is 13.0. The highest BCUT2D eigenvalue weighted by molar-refractivity contribution is 5.97. The van der Waals surface area contributed by atoms with E-state index in [1.807, 2.05) is 0 Å². The summed E-state index contributed by atoms with van der Waals surface area (Å²) in [5.74, 6) is -1.71. The molecule has 0 fully saturated rings. The Bertz CT molecular complexity index is 1020. The fourth-order valence-electron chi connectivity index (χ4n) is 2.49. The number of carbonyl (C=O) groups excluding carboxylic acids is 1. The largest absolute Gasteiger partial charge is 0.478 e. The monoisotopic (exact) mass is 419 g/mol. The summed E-state index contributed by atoms with van der Waals surface area (Å²) in [5, 5.41) is 2.70. The van der Waals surface area contributed by atoms with Crippen molar-refractivity contribution in [1.29, 1.82) is 0 Å². The van der Waals surface area contributed by atoms with E-state index in [1.165, 1.54) is 24.3 Å². The highest BCUT2D eigenvalue weighted by atomic mass is 19.4. The minimum absolute atomic E-state index is 0.342. The zero-order valence-corrected chi connectivity index (χ0v) is 16.0. The van der Waals surface area contributed by atoms with E-state index in [-0.39, 0.29) is 0 Å². The Hall–Kier alpha value is -3.49. The van der Waals surface area contributed by atoms with Crippen molar-refractivity contribution in [3.05, 3.63) is 72.6 Å². The normalized spacial score (nSPS) is 11.8. The Kier molecular flexibility index (Phi) is 5.73. The van der Waals surface area contributed by atoms with Crippen LogP contribution in [0.5, 0.6) is 5.75 Å². The number of amides is 1. The minimum atomic E-state index is -4.60. The lowest BCUT2D eigenvalue weighted by atomic mass is 10.1. The molecular weight excluding hydrogens is 402 g/mol. The molecule has 1 N–H and O–H groups in total. The summed E-state index contributed by atoms with van der Waals surface area (Å²) in [4.78, 5) is 19.2. The number of alkyl halides is 3. The van der Waals surface area contributed by atoms with Gasteiger partial charge in [0.1, 0.15) is 11.6 Å². The first-order valence-corrected chi connectivity index (χ1v) is 8.80. The fourth-order valence-corrected chi connectivity index (χ4v) is 2.49. The molecule has 0 atom stereocenters. The van der Waals surface area contributed by atoms with Crippen molar-refractivity contribution in [2.45, 2.75) is 25.6 Å². The van der Waals surface area contributed by atoms with Crippen molar-refractivity contribution in [1.82, 2.24) is 9.97 Å². The molecule has 3 rings (SSSR count). The lowest BCUT2D eigenvalue weighted by Gasteiger charge is -2.25. The summed E-state index contributed by atoms with van der Waals surface area (Å²) in [6.45, 7) is 3.14. The Balaban J connectivity index is 1.67. The summed E-state index contributed by atoms with van der Waals surface area (Å²) >= 11 is 0. The predicted octanol–water partition coefficient (Wildman–Crippen LogP) is 5.10. The van der Waals surface area contributed by atoms with Gasteiger partial charge in [0.25, 0.3) is 5.91 Å². The number of carbonyl (C=O) groups is 1. The van der Waals surface area contributed by atoms with Crippen LogP contribution in [0.15, 0.2) is 60.9 Å². The van der Waals surface area contributed by atoms with Gasteiger partial charge in [0.05, 0.1) is 0 Å². The van der Waals surface area contributed by atoms with E-state index in [0.717, 1.165) is 12.4 Å². The Labute approximate surface area is 169 Å². The standard InChI is InChI=1S/C21H17F4N3O2/c1-20(2,30-17-9-5-15(22)6-10-17)19(29)28-16-7-3-13(4-8-16)14-11-26-18(27-12-14)21(23,24)25/h3-12H,1-2H3,(H,28,29). The van der Waals surface area contributed by atoms with Gasteiger partial charge in [0.15, 0.2) is 5.60 Å². The van der Waals surface area contributed by atoms with E-state index in [1.54, 1.807) is 38.1 Å². The first-order chi connectivity index (χ1) is 14.0. The van der Waals surface area contributed by atoms with Crippen LogP contribution < -0.4 is 10.1 Å². The number of hydrogen-bond acceptors (Lipinski definition) is 4. The number of aromatic nitrogens is 2. The highest BCUT2D eigenvalue weighted by Crippen LogP contribution is 2.27. The van der Waals surface area contributed by atoms with Crippen molar-refractivity contribution >= 4 is 11.6 Å². The summed E-state index contributed by atoms with van der Waals surface area (Å²) in [6.07, 6.45) is -2.43. The maximum Gasteiger partial charge on any atom is 0.451 e. The molecule has 0 unspecified atom stereocenters. The van der Waals surface area contributed by atoms with Gasteiger partial charge in [0.2, 0.25) is 5.82 Å². The molecule has 0 spiro atoms. The molecule has 0 saturated carbocycles. The molecule has 0 saturated heterocycles. The second kappa shape index (κ2) is 8.10. The summed E-state index contributed by atoms with van der Waals surface area (Å²) in [7, 11) is 0. The third-order valence-electron chi connectivity index (χ3n) is 4.11. The molecular formula is C21H17F4N3O2. The zero-order chi connectivity index (χ0) is 21.9. The van der Waals surface area contributed by atoms with Crippen molar-refractivity contribution in [2.24, 2.45) is 0 Å². The summed E-state index contributed by atoms with van der Waals surface area (Å²) < 4.78 is 56.3. The van der Waals surface area contributed by atoms with Crippen LogP contribution >= 0.6 is 0 Å². The van der Waals surface area contributed by atoms with E-state index in [2.05, 4.69) is 15.3 Å². The topological polar surface area (TPSA) is 64.1 Å². The summed E-state index contributed by atoms with van der Waals surface area (Å²) in [6, 6.07) is 11.7. The van der Waals surface area contributed by atoms with Gasteiger partial charge in [-0.25, -0.2) is 14.4 Å². The van der Waals surface area contributed by atoms with Gasteiger partial charge in [0, 0.05) is 23.6 Å². The van der Waals surface area contributed by atoms with E-state index in [4.69, 9.17) is 4.74 Å². The molecule has 1 aromatic heterocycles. The Morgan fingerprint density at radius 1 is 0.900 bits per heavy atom. The second-order valence-corrected chi connectivity index (χ2v) is 6.89. The molecule has 0 aliphatic heterocycles. The van der Waals surface area contributed by atoms with Crippen LogP contribution in [0.2, 0.25) is 0 Å². The van der Waals surface area contributed by atoms with Gasteiger partial charge in [-0.3, -0.25) is 4.79 Å². The van der Waals surface area contributed by atoms with E-state index >= 15 is 0 Å². The molecule has 156 valence electrons. The number of nitrogens with one attached hydrogen (secondary N) is 1. The minimum Gasteiger partial charge on any atom is -0.478 e. The van der Waals surface area contributed by atoms with E-state index in [9.17, 15) is 22.4 Å². The van der Waals surface area contributed by atoms with Crippen molar-refractivity contribution in [2.75, 3.05) is 5.32 Å². The zero-order valence-electron chi connectivity index (χ0n) is 16.0. The van der Waals surface area contributed by atoms with Crippen LogP contribution in [0, 0.1) is 5.82 Å². The SMILES string of the molecule is CC(C)(Oc1ccc(F)cc1)C(=O)Nc1ccc(-c2cnc(C(F)(F)F)nc2)cc1. The number of ether oxygens (including phenoxy) is 1. The van der Waals surface area contributed by atoms with Crippen LogP contribution in [0.1, 0.15) is 19.7 Å². The lowest BCUT2D eigenvalue weighted by Crippen LogP contribution is -2.42. The highest BCUT2D eigenvalue weighted by Gasteiger charge is 2.34. The third-order valence-corrected chi connectivity index (χ3v) is 4.11. The van der Waals surface area contributed by atoms with Gasteiger partial charge in [-0.1, -0.05) is 12.1 Å². The molecule has 0 bridgehead atoms. The number of nitrogens with zero attached hydrogens (tertiary/aromatic N) is 2. The number of benzene rings is 2. The number of anilines is 1. The molecule has 30 heavy (non-hydrogen) atoms. The first kappa shape index (κ1) is 21.2. The van der Waals surface area contributed by atoms with Crippen molar-refractivity contribution in [3.63, 3.8) is 0 Å². The van der Waals surface area contributed by atoms with Crippen LogP contribution in [0.3, 0.4) is 0 Å². The molecule has 1 heterocycles. The van der Waals surface area contributed by atoms with E-state index in [0.29, 0.717) is 22.6 Å². The average molecular weight is 419 g/mol. The quantitative estimate of drug-likeness (QED) is 0.585. The van der Waals surface area contributed by atoms with Crippen LogP contribution in [-0.2, 0) is 11.0 Å². The van der Waals surface area contributed by atoms with Gasteiger partial charge in [-0.2, -0.15) is 13.2 Å². The van der Waals surface area contributed by atoms with Crippen molar-refractivity contribution in [3.8, 4) is 16.9 Å². The Morgan fingerprint density at radius 2 is 1.47 bits per heavy atom. The van der Waals surface area contributed by atoms with Crippen molar-refractivity contribution < 1.29 is 27.1 Å². The smallest absolute Gasteiger partial charge is 0.451 e. The van der Waals surface area contributed by atoms with Gasteiger partial charge in [-0.05, 0) is 55.8 Å². The average Bonchev–Trinajstić information content (AvgIpc) is 2.69. The number of hydrogen-bond donors (Lipinski definition) is 1. The number of rotatable bonds is 5. The van der Waals surface area contributed by atoms with Crippen LogP contribution in [-0.4, -0.2) is 21.5 Å². The third kappa shape index (κ3) is 5.11. The second-order valence-electron chi connectivity index (χ2n) is 6.89. The molecule has 3 aromatic rings. The fraction of sp³-hybridized carbons (Fsp3) is 0.190. The van der Waals surface area contributed by atoms with Gasteiger partial charge >= 0.3 is 6.18 Å². The maximum absolute atomic E-state index is 13.0. The summed E-state index contributed by atoms with van der Waals surface area (Å²) in [5.41, 5.74) is 0.217. The Morgan fingerprint density at radius 3 is 2.00 bits per heavy atom. The molecule has 2 aromatic carbocycles. The number of halogens is 4. The van der Waals surface area contributed by atoms with Crippen LogP contribution in [0.25, 0.3) is 11.1 Å². The lowest BCUT2D eigenvalue weighted by molar-refractivity contribution is -0.145. The molecule has 0 aliphatic carbocycles.